The number of aromatic nitrogens is 1. The van der Waals surface area contributed by atoms with Gasteiger partial charge in [-0.2, -0.15) is 0 Å². The van der Waals surface area contributed by atoms with E-state index in [2.05, 4.69) is 57.1 Å². The maximum absolute atomic E-state index is 12.1. The second-order valence-corrected chi connectivity index (χ2v) is 11.4. The average Bonchev–Trinajstić information content (AvgIpc) is 3.23. The summed E-state index contributed by atoms with van der Waals surface area (Å²) in [5.74, 6) is 0.602. The highest BCUT2D eigenvalue weighted by Gasteiger charge is 2.37. The van der Waals surface area contributed by atoms with Gasteiger partial charge in [-0.05, 0) is 43.6 Å². The Hall–Kier alpha value is -2.48. The number of benzene rings is 2. The smallest absolute Gasteiger partial charge is 0.209 e. The van der Waals surface area contributed by atoms with Crippen molar-refractivity contribution < 1.29 is 13.2 Å². The summed E-state index contributed by atoms with van der Waals surface area (Å²) in [5, 5.41) is 2.21. The first-order valence-electron chi connectivity index (χ1n) is 12.2. The molecule has 34 heavy (non-hydrogen) atoms. The normalized spacial score (nSPS) is 25.6. The minimum atomic E-state index is -3.32. The van der Waals surface area contributed by atoms with E-state index in [1.54, 1.807) is 0 Å². The van der Waals surface area contributed by atoms with Gasteiger partial charge in [-0.1, -0.05) is 54.6 Å². The minimum absolute atomic E-state index is 0.0748. The van der Waals surface area contributed by atoms with Gasteiger partial charge in [0.15, 0.2) is 0 Å². The van der Waals surface area contributed by atoms with Crippen LogP contribution >= 0.6 is 0 Å². The highest BCUT2D eigenvalue weighted by atomic mass is 32.2. The molecule has 2 unspecified atom stereocenters. The summed E-state index contributed by atoms with van der Waals surface area (Å²) < 4.78 is 33.5. The largest absolute Gasteiger partial charge is 0.376 e. The lowest BCUT2D eigenvalue weighted by molar-refractivity contribution is 0.0157. The quantitative estimate of drug-likeness (QED) is 0.541. The van der Waals surface area contributed by atoms with E-state index in [0.29, 0.717) is 12.5 Å². The van der Waals surface area contributed by atoms with E-state index in [4.69, 9.17) is 4.74 Å². The van der Waals surface area contributed by atoms with Gasteiger partial charge in [0.05, 0.1) is 36.9 Å². The highest BCUT2D eigenvalue weighted by Crippen LogP contribution is 2.35. The minimum Gasteiger partial charge on any atom is -0.376 e. The second-order valence-electron chi connectivity index (χ2n) is 9.64. The molecule has 0 radical (unpaired) electrons. The number of rotatable bonds is 7. The zero-order chi connectivity index (χ0) is 23.5. The van der Waals surface area contributed by atoms with Gasteiger partial charge in [-0.25, -0.2) is 13.1 Å². The maximum Gasteiger partial charge on any atom is 0.209 e. The first-order chi connectivity index (χ1) is 16.5. The van der Waals surface area contributed by atoms with Crippen LogP contribution < -0.4 is 9.62 Å². The molecule has 180 valence electrons. The molecule has 0 amide bonds. The summed E-state index contributed by atoms with van der Waals surface area (Å²) >= 11 is 0. The Balaban J connectivity index is 1.30. The number of anilines is 1. The van der Waals surface area contributed by atoms with Crippen LogP contribution in [0.1, 0.15) is 43.6 Å². The standard InChI is InChI=1S/C27H33N3O3S/c1-34(31,32)29-25-15-16-30(26-18-28-17-22-9-5-6-10-24(22)26)27(25)19-33-23-13-11-21(12-14-23)20-7-3-2-4-8-20/h2-10,17-18,21,23,25,27,29H,11-16,19H2,1H3. The van der Waals surface area contributed by atoms with Crippen LogP contribution in [0.5, 0.6) is 0 Å². The number of ether oxygens (including phenoxy) is 1. The molecule has 2 fully saturated rings. The summed E-state index contributed by atoms with van der Waals surface area (Å²) in [6, 6.07) is 18.7. The molecule has 1 N–H and O–H groups in total. The van der Waals surface area contributed by atoms with Crippen LogP contribution in [0.3, 0.4) is 0 Å². The van der Waals surface area contributed by atoms with Crippen molar-refractivity contribution >= 4 is 26.5 Å². The average molecular weight is 480 g/mol. The van der Waals surface area contributed by atoms with Crippen molar-refractivity contribution in [1.82, 2.24) is 9.71 Å². The van der Waals surface area contributed by atoms with Crippen molar-refractivity contribution in [2.45, 2.75) is 56.2 Å². The zero-order valence-electron chi connectivity index (χ0n) is 19.6. The van der Waals surface area contributed by atoms with Crippen molar-refractivity contribution in [1.29, 1.82) is 0 Å². The van der Waals surface area contributed by atoms with Crippen molar-refractivity contribution in [3.8, 4) is 0 Å². The predicted molar refractivity (Wildman–Crippen MR) is 137 cm³/mol. The lowest BCUT2D eigenvalue weighted by Gasteiger charge is -2.34. The van der Waals surface area contributed by atoms with Gasteiger partial charge in [-0.15, -0.1) is 0 Å². The van der Waals surface area contributed by atoms with E-state index in [1.807, 2.05) is 24.5 Å². The van der Waals surface area contributed by atoms with Crippen molar-refractivity contribution in [3.63, 3.8) is 0 Å². The molecule has 3 aromatic rings. The molecule has 1 saturated heterocycles. The molecule has 6 nitrogen and oxygen atoms in total. The first-order valence-corrected chi connectivity index (χ1v) is 14.1. The van der Waals surface area contributed by atoms with E-state index < -0.39 is 10.0 Å². The SMILES string of the molecule is CS(=O)(=O)NC1CCN(c2cncc3ccccc23)C1COC1CCC(c2ccccc2)CC1. The summed E-state index contributed by atoms with van der Waals surface area (Å²) in [6.45, 7) is 1.26. The third-order valence-corrected chi connectivity index (χ3v) is 8.05. The Morgan fingerprint density at radius 2 is 1.71 bits per heavy atom. The Bertz CT molecular complexity index is 1200. The number of hydrogen-bond donors (Lipinski definition) is 1. The first kappa shape index (κ1) is 23.3. The van der Waals surface area contributed by atoms with Gasteiger partial charge in [0, 0.05) is 29.6 Å². The fourth-order valence-corrected chi connectivity index (χ4v) is 6.45. The molecule has 2 atom stereocenters. The van der Waals surface area contributed by atoms with Crippen LogP contribution in [-0.2, 0) is 14.8 Å². The van der Waals surface area contributed by atoms with E-state index >= 15 is 0 Å². The lowest BCUT2D eigenvalue weighted by atomic mass is 9.83. The molecule has 0 bridgehead atoms. The molecular weight excluding hydrogens is 446 g/mol. The van der Waals surface area contributed by atoms with Crippen molar-refractivity contribution in [2.24, 2.45) is 0 Å². The number of nitrogens with one attached hydrogen (secondary N) is 1. The molecule has 1 aliphatic carbocycles. The Labute approximate surface area is 202 Å². The molecule has 1 saturated carbocycles. The number of nitrogens with zero attached hydrogens (tertiary/aromatic N) is 2. The maximum atomic E-state index is 12.1. The molecule has 5 rings (SSSR count). The molecule has 7 heteroatoms. The fourth-order valence-electron chi connectivity index (χ4n) is 5.62. The van der Waals surface area contributed by atoms with Gasteiger partial charge >= 0.3 is 0 Å². The molecule has 0 spiro atoms. The Kier molecular flexibility index (Phi) is 6.86. The molecule has 1 aliphatic heterocycles. The monoisotopic (exact) mass is 479 g/mol. The van der Waals surface area contributed by atoms with Crippen LogP contribution in [0, 0.1) is 0 Å². The van der Waals surface area contributed by atoms with Crippen molar-refractivity contribution in [3.05, 3.63) is 72.6 Å². The summed E-state index contributed by atoms with van der Waals surface area (Å²) in [5.41, 5.74) is 2.46. The molecule has 2 aromatic carbocycles. The van der Waals surface area contributed by atoms with Crippen molar-refractivity contribution in [2.75, 3.05) is 24.3 Å². The predicted octanol–water partition coefficient (Wildman–Crippen LogP) is 4.47. The molecule has 2 heterocycles. The van der Waals surface area contributed by atoms with Crippen LogP contribution in [0.2, 0.25) is 0 Å². The lowest BCUT2D eigenvalue weighted by Crippen LogP contribution is -2.48. The second kappa shape index (κ2) is 10.0. The zero-order valence-corrected chi connectivity index (χ0v) is 20.5. The van der Waals surface area contributed by atoms with Crippen LogP contribution in [0.4, 0.5) is 5.69 Å². The summed E-state index contributed by atoms with van der Waals surface area (Å²) in [7, 11) is -3.32. The Morgan fingerprint density at radius 3 is 2.47 bits per heavy atom. The van der Waals surface area contributed by atoms with E-state index in [0.717, 1.165) is 55.1 Å². The Morgan fingerprint density at radius 1 is 0.971 bits per heavy atom. The molecule has 2 aliphatic rings. The fraction of sp³-hybridized carbons (Fsp3) is 0.444. The van der Waals surface area contributed by atoms with Gasteiger partial charge in [0.25, 0.3) is 0 Å². The number of sulfonamides is 1. The number of hydrogen-bond acceptors (Lipinski definition) is 5. The van der Waals surface area contributed by atoms with Gasteiger partial charge in [-0.3, -0.25) is 4.98 Å². The summed E-state index contributed by atoms with van der Waals surface area (Å²) in [6.07, 6.45) is 10.3. The molecular formula is C27H33N3O3S. The van der Waals surface area contributed by atoms with E-state index in [9.17, 15) is 8.42 Å². The van der Waals surface area contributed by atoms with E-state index in [1.165, 1.54) is 11.8 Å². The van der Waals surface area contributed by atoms with Crippen LogP contribution in [0.15, 0.2) is 67.0 Å². The van der Waals surface area contributed by atoms with Crippen LogP contribution in [-0.4, -0.2) is 51.0 Å². The van der Waals surface area contributed by atoms with Gasteiger partial charge in [0.2, 0.25) is 10.0 Å². The highest BCUT2D eigenvalue weighted by molar-refractivity contribution is 7.88. The van der Waals surface area contributed by atoms with Gasteiger partial charge < -0.3 is 9.64 Å². The number of fused-ring (bicyclic) bond motifs is 1. The topological polar surface area (TPSA) is 71.5 Å². The number of pyridine rings is 1. The van der Waals surface area contributed by atoms with Crippen LogP contribution in [0.25, 0.3) is 10.8 Å². The van der Waals surface area contributed by atoms with Gasteiger partial charge in [0.1, 0.15) is 0 Å². The van der Waals surface area contributed by atoms with E-state index in [-0.39, 0.29) is 18.2 Å². The summed E-state index contributed by atoms with van der Waals surface area (Å²) in [4.78, 5) is 6.74. The third kappa shape index (κ3) is 5.27. The molecule has 1 aromatic heterocycles. The third-order valence-electron chi connectivity index (χ3n) is 7.32.